The summed E-state index contributed by atoms with van der Waals surface area (Å²) in [5.74, 6) is 1.74. The number of aryl methyl sites for hydroxylation is 2. The monoisotopic (exact) mass is 501 g/mol. The molecule has 0 aliphatic carbocycles. The number of amides is 2. The minimum Gasteiger partial charge on any atom is -0.495 e. The van der Waals surface area contributed by atoms with Gasteiger partial charge in [-0.1, -0.05) is 0 Å². The van der Waals surface area contributed by atoms with E-state index in [0.29, 0.717) is 48.5 Å². The molecule has 5 rings (SSSR count). The van der Waals surface area contributed by atoms with Crippen LogP contribution in [0.25, 0.3) is 0 Å². The molecule has 1 aromatic carbocycles. The summed E-state index contributed by atoms with van der Waals surface area (Å²) in [5, 5.41) is 5.82. The van der Waals surface area contributed by atoms with Crippen LogP contribution in [0.5, 0.6) is 5.75 Å². The van der Waals surface area contributed by atoms with Gasteiger partial charge < -0.3 is 20.3 Å². The van der Waals surface area contributed by atoms with Crippen molar-refractivity contribution in [3.63, 3.8) is 0 Å². The van der Waals surface area contributed by atoms with Gasteiger partial charge in [0.05, 0.1) is 18.5 Å². The van der Waals surface area contributed by atoms with Crippen molar-refractivity contribution in [2.45, 2.75) is 45.8 Å². The summed E-state index contributed by atoms with van der Waals surface area (Å²) in [4.78, 5) is 42.0. The molecule has 0 saturated carbocycles. The number of anilines is 3. The summed E-state index contributed by atoms with van der Waals surface area (Å²) in [6.07, 6.45) is 4.29. The lowest BCUT2D eigenvalue weighted by Gasteiger charge is -2.36. The first-order valence-corrected chi connectivity index (χ1v) is 12.4. The van der Waals surface area contributed by atoms with Crippen LogP contribution in [0.2, 0.25) is 0 Å². The molecule has 3 aromatic rings. The first-order valence-electron chi connectivity index (χ1n) is 12.4. The molecule has 2 aliphatic rings. The highest BCUT2D eigenvalue weighted by Crippen LogP contribution is 2.30. The Labute approximate surface area is 216 Å². The molecule has 0 spiro atoms. The van der Waals surface area contributed by atoms with Crippen molar-refractivity contribution in [3.8, 4) is 5.75 Å². The topological polar surface area (TPSA) is 113 Å². The number of fused-ring (bicyclic) bond motifs is 1. The number of pyridine rings is 1. The molecule has 0 bridgehead atoms. The lowest BCUT2D eigenvalue weighted by molar-refractivity contribution is -0.105. The standard InChI is InChI=1S/C27H31N7O3/c1-17-10-18(2)30-25(11-17)32-27-28-13-20-14-34(15-23(20)31-27)21-6-8-33(9-7-21)26(36)19-4-5-22(29-16-35)24(12-19)37-3/h4-5,10-13,16,21H,6-9,14-15H2,1-3H3,(H,29,35)(H,28,30,31,32). The molecule has 0 radical (unpaired) electrons. The van der Waals surface area contributed by atoms with E-state index in [0.717, 1.165) is 54.3 Å². The maximum absolute atomic E-state index is 13.1. The average molecular weight is 502 g/mol. The molecule has 37 heavy (non-hydrogen) atoms. The van der Waals surface area contributed by atoms with Crippen LogP contribution in [-0.2, 0) is 17.9 Å². The summed E-state index contributed by atoms with van der Waals surface area (Å²) in [6, 6.07) is 9.48. The van der Waals surface area contributed by atoms with E-state index in [-0.39, 0.29) is 5.91 Å². The van der Waals surface area contributed by atoms with E-state index < -0.39 is 0 Å². The second-order valence-electron chi connectivity index (χ2n) is 9.57. The van der Waals surface area contributed by atoms with Gasteiger partial charge in [0.25, 0.3) is 5.91 Å². The molecular formula is C27H31N7O3. The van der Waals surface area contributed by atoms with Gasteiger partial charge >= 0.3 is 0 Å². The molecule has 10 nitrogen and oxygen atoms in total. The smallest absolute Gasteiger partial charge is 0.253 e. The predicted octanol–water partition coefficient (Wildman–Crippen LogP) is 3.43. The molecule has 2 aliphatic heterocycles. The molecule has 0 unspecified atom stereocenters. The van der Waals surface area contributed by atoms with Crippen LogP contribution < -0.4 is 15.4 Å². The van der Waals surface area contributed by atoms with Gasteiger partial charge in [-0.25, -0.2) is 15.0 Å². The summed E-state index contributed by atoms with van der Waals surface area (Å²) in [5.41, 5.74) is 5.36. The third-order valence-electron chi connectivity index (χ3n) is 6.95. The van der Waals surface area contributed by atoms with Crippen LogP contribution in [-0.4, -0.2) is 63.3 Å². The molecule has 4 heterocycles. The zero-order valence-corrected chi connectivity index (χ0v) is 21.3. The normalized spacial score (nSPS) is 15.8. The maximum Gasteiger partial charge on any atom is 0.253 e. The van der Waals surface area contributed by atoms with E-state index in [1.165, 1.54) is 7.11 Å². The van der Waals surface area contributed by atoms with Crippen LogP contribution >= 0.6 is 0 Å². The largest absolute Gasteiger partial charge is 0.495 e. The highest BCUT2D eigenvalue weighted by Gasteiger charge is 2.32. The number of ether oxygens (including phenoxy) is 1. The third-order valence-corrected chi connectivity index (χ3v) is 6.95. The Hall–Kier alpha value is -4.05. The first kappa shape index (κ1) is 24.6. The zero-order chi connectivity index (χ0) is 25.9. The molecule has 192 valence electrons. The van der Waals surface area contributed by atoms with Crippen LogP contribution in [0.3, 0.4) is 0 Å². The second-order valence-corrected chi connectivity index (χ2v) is 9.57. The van der Waals surface area contributed by atoms with Crippen molar-refractivity contribution in [2.75, 3.05) is 30.8 Å². The van der Waals surface area contributed by atoms with Crippen molar-refractivity contribution in [2.24, 2.45) is 0 Å². The highest BCUT2D eigenvalue weighted by molar-refractivity contribution is 5.95. The van der Waals surface area contributed by atoms with Crippen molar-refractivity contribution in [1.29, 1.82) is 0 Å². The SMILES string of the molecule is COc1cc(C(=O)N2CCC(N3Cc4cnc(Nc5cc(C)cc(C)n5)nc4C3)CC2)ccc1NC=O. The fraction of sp³-hybridized carbons (Fsp3) is 0.370. The van der Waals surface area contributed by atoms with Crippen LogP contribution in [0.15, 0.2) is 36.5 Å². The van der Waals surface area contributed by atoms with Crippen LogP contribution in [0, 0.1) is 13.8 Å². The van der Waals surface area contributed by atoms with E-state index in [4.69, 9.17) is 9.72 Å². The van der Waals surface area contributed by atoms with E-state index >= 15 is 0 Å². The van der Waals surface area contributed by atoms with Crippen LogP contribution in [0.4, 0.5) is 17.5 Å². The molecule has 1 saturated heterocycles. The number of benzene rings is 1. The number of hydrogen-bond donors (Lipinski definition) is 2. The predicted molar refractivity (Wildman–Crippen MR) is 140 cm³/mol. The Kier molecular flexibility index (Phi) is 7.00. The fourth-order valence-corrected chi connectivity index (χ4v) is 5.14. The summed E-state index contributed by atoms with van der Waals surface area (Å²) in [6.45, 7) is 6.97. The highest BCUT2D eigenvalue weighted by atomic mass is 16.5. The number of nitrogens with one attached hydrogen (secondary N) is 2. The molecule has 1 fully saturated rings. The minimum atomic E-state index is -0.0271. The van der Waals surface area contributed by atoms with Gasteiger partial charge in [-0.2, -0.15) is 0 Å². The Morgan fingerprint density at radius 1 is 1.11 bits per heavy atom. The van der Waals surface area contributed by atoms with E-state index in [2.05, 4.69) is 25.5 Å². The van der Waals surface area contributed by atoms with Crippen molar-refractivity contribution >= 4 is 29.8 Å². The number of aromatic nitrogens is 3. The van der Waals surface area contributed by atoms with E-state index in [1.54, 1.807) is 18.2 Å². The fourth-order valence-electron chi connectivity index (χ4n) is 5.14. The Morgan fingerprint density at radius 2 is 1.92 bits per heavy atom. The Bertz CT molecular complexity index is 1300. The summed E-state index contributed by atoms with van der Waals surface area (Å²) >= 11 is 0. The number of carbonyl (C=O) groups is 2. The van der Waals surface area contributed by atoms with Crippen molar-refractivity contribution in [3.05, 3.63) is 64.6 Å². The number of piperidine rings is 1. The average Bonchev–Trinajstić information content (AvgIpc) is 3.32. The molecule has 2 aromatic heterocycles. The number of methoxy groups -OCH3 is 1. The number of hydrogen-bond acceptors (Lipinski definition) is 8. The van der Waals surface area contributed by atoms with Gasteiger partial charge in [0.1, 0.15) is 11.6 Å². The molecule has 0 atom stereocenters. The number of carbonyl (C=O) groups excluding carboxylic acids is 2. The van der Waals surface area contributed by atoms with E-state index in [9.17, 15) is 9.59 Å². The number of nitrogens with zero attached hydrogens (tertiary/aromatic N) is 5. The molecule has 10 heteroatoms. The third kappa shape index (κ3) is 5.39. The minimum absolute atomic E-state index is 0.0271. The van der Waals surface area contributed by atoms with Gasteiger partial charge in [-0.15, -0.1) is 0 Å². The maximum atomic E-state index is 13.1. The van der Waals surface area contributed by atoms with Crippen molar-refractivity contribution < 1.29 is 14.3 Å². The van der Waals surface area contributed by atoms with Gasteiger partial charge in [-0.3, -0.25) is 14.5 Å². The number of rotatable bonds is 7. The molecule has 2 amide bonds. The van der Waals surface area contributed by atoms with Gasteiger partial charge in [0.15, 0.2) is 0 Å². The van der Waals surface area contributed by atoms with Crippen molar-refractivity contribution in [1.82, 2.24) is 24.8 Å². The summed E-state index contributed by atoms with van der Waals surface area (Å²) < 4.78 is 5.33. The van der Waals surface area contributed by atoms with Gasteiger partial charge in [0, 0.05) is 55.2 Å². The summed E-state index contributed by atoms with van der Waals surface area (Å²) in [7, 11) is 1.52. The van der Waals surface area contributed by atoms with E-state index in [1.807, 2.05) is 37.1 Å². The quantitative estimate of drug-likeness (QED) is 0.474. The molecular weight excluding hydrogens is 470 g/mol. The molecule has 2 N–H and O–H groups in total. The number of likely N-dealkylation sites (tertiary alicyclic amines) is 1. The van der Waals surface area contributed by atoms with Gasteiger partial charge in [0.2, 0.25) is 12.4 Å². The van der Waals surface area contributed by atoms with Crippen LogP contribution in [0.1, 0.15) is 45.7 Å². The zero-order valence-electron chi connectivity index (χ0n) is 21.3. The van der Waals surface area contributed by atoms with Gasteiger partial charge in [-0.05, 0) is 62.6 Å². The first-order chi connectivity index (χ1) is 17.9. The Balaban J connectivity index is 1.18. The Morgan fingerprint density at radius 3 is 2.65 bits per heavy atom. The second kappa shape index (κ2) is 10.5. The lowest BCUT2D eigenvalue weighted by atomic mass is 10.0. The lowest BCUT2D eigenvalue weighted by Crippen LogP contribution is -2.45.